The minimum absolute atomic E-state index is 0.0157. The molecule has 0 aromatic rings. The lowest BCUT2D eigenvalue weighted by molar-refractivity contribution is -0.137. The third-order valence-electron chi connectivity index (χ3n) is 3.49. The van der Waals surface area contributed by atoms with Crippen molar-refractivity contribution in [1.82, 2.24) is 0 Å². The highest BCUT2D eigenvalue weighted by Crippen LogP contribution is 2.09. The van der Waals surface area contributed by atoms with Crippen molar-refractivity contribution in [3.63, 3.8) is 0 Å². The highest BCUT2D eigenvalue weighted by molar-refractivity contribution is 5.66. The third-order valence-corrected chi connectivity index (χ3v) is 3.49. The predicted octanol–water partition coefficient (Wildman–Crippen LogP) is 6.11. The molecule has 1 atom stereocenters. The van der Waals surface area contributed by atoms with Crippen molar-refractivity contribution in [3.8, 4) is 0 Å². The van der Waals surface area contributed by atoms with Crippen LogP contribution >= 0.6 is 0 Å². The molecule has 0 heterocycles. The minimum Gasteiger partial charge on any atom is -0.481 e. The zero-order chi connectivity index (χ0) is 15.8. The van der Waals surface area contributed by atoms with E-state index in [9.17, 15) is 4.79 Å². The molecule has 0 fully saturated rings. The summed E-state index contributed by atoms with van der Waals surface area (Å²) in [5, 5.41) is 8.56. The number of aliphatic carboxylic acids is 1. The molecule has 0 aliphatic heterocycles. The molecule has 0 rings (SSSR count). The highest BCUT2D eigenvalue weighted by Gasteiger charge is 1.95. The Bertz CT molecular complexity index is 264. The van der Waals surface area contributed by atoms with Gasteiger partial charge in [-0.1, -0.05) is 70.4 Å². The fraction of sp³-hybridized carbons (Fsp3) is 0.833. The van der Waals surface area contributed by atoms with E-state index in [0.29, 0.717) is 6.42 Å². The summed E-state index contributed by atoms with van der Waals surface area (Å²) in [6.45, 7) is 2.25. The minimum atomic E-state index is -0.854. The van der Waals surface area contributed by atoms with Gasteiger partial charge in [-0.15, -0.1) is 0 Å². The molecule has 0 radical (unpaired) electrons. The van der Waals surface area contributed by atoms with Gasteiger partial charge in [-0.3, -0.25) is 4.79 Å². The van der Waals surface area contributed by atoms with Crippen LogP contribution in [0.25, 0.3) is 0 Å². The molecule has 0 bridgehead atoms. The first-order chi connectivity index (χ1) is 10.2. The molecule has 0 saturated carbocycles. The topological polar surface area (TPSA) is 37.3 Å². The number of hydrogen-bond acceptors (Lipinski definition) is 1. The number of carboxylic acids is 1. The van der Waals surface area contributed by atoms with E-state index >= 15 is 0 Å². The molecule has 0 saturated heterocycles. The summed E-state index contributed by atoms with van der Waals surface area (Å²) in [6.07, 6.45) is 18.6. The zero-order valence-corrected chi connectivity index (χ0v) is 13.3. The standard InChI is InChI=1S/C18H34O2/c1-2-3-4-5-6-7-8-9-10-11-12-13-14-15-16-17-18(19)20/h9-10H,2-8,11-17H2,1H3,(H,19,20)/b10-9-/i16D. The number of carboxylic acid groups (broad SMARTS) is 1. The van der Waals surface area contributed by atoms with Crippen LogP contribution in [0, 0.1) is 0 Å². The maximum absolute atomic E-state index is 10.4. The normalized spacial score (nSPS) is 13.6. The van der Waals surface area contributed by atoms with Crippen molar-refractivity contribution < 1.29 is 11.3 Å². The van der Waals surface area contributed by atoms with Gasteiger partial charge in [-0.25, -0.2) is 0 Å². The quantitative estimate of drug-likeness (QED) is 0.291. The van der Waals surface area contributed by atoms with E-state index in [1.54, 1.807) is 0 Å². The van der Waals surface area contributed by atoms with Crippen molar-refractivity contribution in [2.75, 3.05) is 0 Å². The Morgan fingerprint density at radius 2 is 1.40 bits per heavy atom. The largest absolute Gasteiger partial charge is 0.481 e. The Morgan fingerprint density at radius 3 is 1.95 bits per heavy atom. The van der Waals surface area contributed by atoms with Crippen LogP contribution in [0.4, 0.5) is 0 Å². The lowest BCUT2D eigenvalue weighted by Gasteiger charge is -1.99. The molecular formula is C18H34O2. The van der Waals surface area contributed by atoms with Crippen molar-refractivity contribution in [3.05, 3.63) is 12.2 Å². The van der Waals surface area contributed by atoms with Gasteiger partial charge in [0.15, 0.2) is 0 Å². The molecule has 0 aliphatic carbocycles. The van der Waals surface area contributed by atoms with E-state index in [0.717, 1.165) is 25.7 Å². The summed E-state index contributed by atoms with van der Waals surface area (Å²) in [7, 11) is 0. The number of carbonyl (C=O) groups is 1. The van der Waals surface area contributed by atoms with Crippen molar-refractivity contribution in [2.24, 2.45) is 0 Å². The van der Waals surface area contributed by atoms with E-state index < -0.39 is 12.4 Å². The second-order valence-corrected chi connectivity index (χ2v) is 5.55. The van der Waals surface area contributed by atoms with Gasteiger partial charge in [-0.2, -0.15) is 0 Å². The monoisotopic (exact) mass is 283 g/mol. The van der Waals surface area contributed by atoms with E-state index in [4.69, 9.17) is 6.48 Å². The molecule has 20 heavy (non-hydrogen) atoms. The van der Waals surface area contributed by atoms with Gasteiger partial charge < -0.3 is 5.11 Å². The van der Waals surface area contributed by atoms with Crippen LogP contribution in [0.2, 0.25) is 0 Å². The van der Waals surface area contributed by atoms with Crippen LogP contribution in [-0.4, -0.2) is 11.1 Å². The van der Waals surface area contributed by atoms with E-state index in [1.807, 2.05) is 0 Å². The summed E-state index contributed by atoms with van der Waals surface area (Å²) in [6, 6.07) is 0. The smallest absolute Gasteiger partial charge is 0.303 e. The summed E-state index contributed by atoms with van der Waals surface area (Å²) >= 11 is 0. The molecule has 118 valence electrons. The van der Waals surface area contributed by atoms with Gasteiger partial charge >= 0.3 is 5.97 Å². The first-order valence-electron chi connectivity index (χ1n) is 9.03. The summed E-state index contributed by atoms with van der Waals surface area (Å²) in [4.78, 5) is 10.4. The van der Waals surface area contributed by atoms with Crippen molar-refractivity contribution >= 4 is 5.97 Å². The van der Waals surface area contributed by atoms with E-state index in [-0.39, 0.29) is 6.42 Å². The fourth-order valence-electron chi connectivity index (χ4n) is 2.23. The lowest BCUT2D eigenvalue weighted by Crippen LogP contribution is -1.93. The average molecular weight is 283 g/mol. The fourth-order valence-corrected chi connectivity index (χ4v) is 2.23. The lowest BCUT2D eigenvalue weighted by atomic mass is 10.1. The number of allylic oxidation sites excluding steroid dienone is 2. The van der Waals surface area contributed by atoms with Gasteiger partial charge in [0.2, 0.25) is 0 Å². The molecule has 2 heteroatoms. The highest BCUT2D eigenvalue weighted by atomic mass is 16.4. The molecule has 1 unspecified atom stereocenters. The Kier molecular flexibility index (Phi) is 14.0. The Labute approximate surface area is 127 Å². The number of unbranched alkanes of at least 4 members (excludes halogenated alkanes) is 9. The van der Waals surface area contributed by atoms with Gasteiger partial charge in [0, 0.05) is 7.79 Å². The Hall–Kier alpha value is -0.790. The van der Waals surface area contributed by atoms with Crippen LogP contribution in [0.3, 0.4) is 0 Å². The summed E-state index contributed by atoms with van der Waals surface area (Å²) in [5.41, 5.74) is 0. The molecule has 0 aliphatic rings. The number of hydrogen-bond donors (Lipinski definition) is 1. The average Bonchev–Trinajstić information content (AvgIpc) is 2.43. The van der Waals surface area contributed by atoms with Crippen LogP contribution in [-0.2, 0) is 4.79 Å². The second kappa shape index (κ2) is 16.3. The maximum atomic E-state index is 10.4. The van der Waals surface area contributed by atoms with E-state index in [2.05, 4.69) is 19.1 Å². The predicted molar refractivity (Wildman–Crippen MR) is 87.1 cm³/mol. The molecular weight excluding hydrogens is 248 g/mol. The van der Waals surface area contributed by atoms with Gasteiger partial charge in [0.25, 0.3) is 0 Å². The molecule has 0 aromatic heterocycles. The van der Waals surface area contributed by atoms with Crippen LogP contribution < -0.4 is 0 Å². The SMILES string of the molecule is [2H]C(CCCCC/C=C\CCCCCCCC)CC(=O)O. The second-order valence-electron chi connectivity index (χ2n) is 5.55. The zero-order valence-electron chi connectivity index (χ0n) is 14.3. The first kappa shape index (κ1) is 17.3. The van der Waals surface area contributed by atoms with Crippen LogP contribution in [0.5, 0.6) is 0 Å². The Balaban J connectivity index is 3.20. The molecule has 0 spiro atoms. The summed E-state index contributed by atoms with van der Waals surface area (Å²) < 4.78 is 7.56. The van der Waals surface area contributed by atoms with Crippen LogP contribution in [0.1, 0.15) is 98.2 Å². The van der Waals surface area contributed by atoms with Gasteiger partial charge in [0.1, 0.15) is 0 Å². The first-order valence-corrected chi connectivity index (χ1v) is 8.45. The number of rotatable bonds is 15. The summed E-state index contributed by atoms with van der Waals surface area (Å²) in [5.74, 6) is -0.854. The Morgan fingerprint density at radius 1 is 0.900 bits per heavy atom. The van der Waals surface area contributed by atoms with Gasteiger partial charge in [0.05, 0.1) is 0 Å². The van der Waals surface area contributed by atoms with Crippen LogP contribution in [0.15, 0.2) is 12.2 Å². The third kappa shape index (κ3) is 17.2. The molecule has 0 aromatic carbocycles. The molecule has 0 amide bonds. The van der Waals surface area contributed by atoms with Crippen molar-refractivity contribution in [1.29, 1.82) is 0 Å². The van der Waals surface area contributed by atoms with E-state index in [1.165, 1.54) is 44.9 Å². The molecule has 2 nitrogen and oxygen atoms in total. The van der Waals surface area contributed by atoms with Crippen molar-refractivity contribution in [2.45, 2.75) is 96.8 Å². The molecule has 1 N–H and O–H groups in total. The van der Waals surface area contributed by atoms with Gasteiger partial charge in [-0.05, 0) is 32.1 Å². The maximum Gasteiger partial charge on any atom is 0.303 e.